The Balaban J connectivity index is 2.14. The van der Waals surface area contributed by atoms with E-state index in [0.29, 0.717) is 18.0 Å². The van der Waals surface area contributed by atoms with Gasteiger partial charge in [-0.05, 0) is 43.3 Å². The molecule has 0 aliphatic heterocycles. The molecule has 0 bridgehead atoms. The number of nitrogens with one attached hydrogen (secondary N) is 1. The maximum Gasteiger partial charge on any atom is 0.246 e. The number of hydrogen-bond acceptors (Lipinski definition) is 4. The Morgan fingerprint density at radius 1 is 1.22 bits per heavy atom. The first-order valence-corrected chi connectivity index (χ1v) is 9.70. The fourth-order valence-corrected chi connectivity index (χ4v) is 3.78. The number of benzene rings is 2. The van der Waals surface area contributed by atoms with Crippen molar-refractivity contribution >= 4 is 21.6 Å². The number of carbonyl (C=O) groups is 1. The molecular weight excluding hydrogens is 371 g/mol. The van der Waals surface area contributed by atoms with Gasteiger partial charge in [-0.1, -0.05) is 18.2 Å². The monoisotopic (exact) mass is 392 g/mol. The number of hydrogen-bond donors (Lipinski definition) is 1. The fourth-order valence-electron chi connectivity index (χ4n) is 2.35. The van der Waals surface area contributed by atoms with Gasteiger partial charge in [0.25, 0.3) is 0 Å². The molecule has 0 aromatic heterocycles. The lowest BCUT2D eigenvalue weighted by molar-refractivity contribution is -0.116. The van der Waals surface area contributed by atoms with Crippen molar-refractivity contribution < 1.29 is 22.3 Å². The third kappa shape index (κ3) is 5.38. The zero-order valence-electron chi connectivity index (χ0n) is 14.9. The summed E-state index contributed by atoms with van der Waals surface area (Å²) in [5.74, 6) is -0.773. The maximum absolute atomic E-state index is 13.9. The molecule has 1 amide bonds. The first-order chi connectivity index (χ1) is 12.9. The van der Waals surface area contributed by atoms with Crippen LogP contribution in [0.3, 0.4) is 0 Å². The minimum atomic E-state index is -4.19. The predicted octanol–water partition coefficient (Wildman–Crippen LogP) is 3.04. The first kappa shape index (κ1) is 20.6. The first-order valence-electron chi connectivity index (χ1n) is 8.26. The van der Waals surface area contributed by atoms with Crippen LogP contribution in [0.4, 0.5) is 10.1 Å². The highest BCUT2D eigenvalue weighted by Gasteiger charge is 2.28. The van der Waals surface area contributed by atoms with Gasteiger partial charge in [-0.2, -0.15) is 4.31 Å². The molecule has 0 aliphatic rings. The molecule has 1 N–H and O–H groups in total. The van der Waals surface area contributed by atoms with Crippen molar-refractivity contribution in [2.24, 2.45) is 0 Å². The summed E-state index contributed by atoms with van der Waals surface area (Å²) in [6.07, 6.45) is 1.34. The van der Waals surface area contributed by atoms with Gasteiger partial charge in [-0.25, -0.2) is 12.8 Å². The van der Waals surface area contributed by atoms with Crippen LogP contribution in [0.15, 0.2) is 66.1 Å². The molecule has 2 aromatic rings. The van der Waals surface area contributed by atoms with Crippen molar-refractivity contribution in [2.75, 3.05) is 25.0 Å². The number of ether oxygens (including phenoxy) is 1. The maximum atomic E-state index is 13.9. The van der Waals surface area contributed by atoms with Gasteiger partial charge in [0.05, 0.1) is 13.2 Å². The van der Waals surface area contributed by atoms with E-state index in [1.807, 2.05) is 6.92 Å². The summed E-state index contributed by atoms with van der Waals surface area (Å²) in [5, 5.41) is 2.61. The summed E-state index contributed by atoms with van der Waals surface area (Å²) in [5.41, 5.74) is 0.491. The number of sulfonamides is 1. The van der Waals surface area contributed by atoms with Crippen LogP contribution in [0.25, 0.3) is 0 Å². The number of rotatable bonds is 9. The van der Waals surface area contributed by atoms with Crippen molar-refractivity contribution in [3.63, 3.8) is 0 Å². The highest BCUT2D eigenvalue weighted by molar-refractivity contribution is 7.89. The average molecular weight is 392 g/mol. The van der Waals surface area contributed by atoms with E-state index in [9.17, 15) is 17.6 Å². The summed E-state index contributed by atoms with van der Waals surface area (Å²) in [6, 6.07) is 11.7. The van der Waals surface area contributed by atoms with Crippen molar-refractivity contribution in [3.05, 3.63) is 67.0 Å². The number of carbonyl (C=O) groups excluding carboxylic acids is 1. The second-order valence-electron chi connectivity index (χ2n) is 5.52. The van der Waals surface area contributed by atoms with Gasteiger partial charge >= 0.3 is 0 Å². The van der Waals surface area contributed by atoms with Crippen LogP contribution in [0.1, 0.15) is 6.92 Å². The SMILES string of the molecule is C=CCN(CC(=O)Nc1ccc(OCC)cc1)S(=O)(=O)c1ccccc1F. The van der Waals surface area contributed by atoms with Crippen LogP contribution in [0.5, 0.6) is 5.75 Å². The zero-order valence-corrected chi connectivity index (χ0v) is 15.7. The Bertz CT molecular complexity index is 898. The third-order valence-electron chi connectivity index (χ3n) is 3.56. The lowest BCUT2D eigenvalue weighted by atomic mass is 10.3. The zero-order chi connectivity index (χ0) is 19.9. The van der Waals surface area contributed by atoms with Crippen LogP contribution >= 0.6 is 0 Å². The highest BCUT2D eigenvalue weighted by Crippen LogP contribution is 2.20. The Hall–Kier alpha value is -2.71. The summed E-state index contributed by atoms with van der Waals surface area (Å²) < 4.78 is 45.5. The molecule has 0 fully saturated rings. The second kappa shape index (κ2) is 9.29. The minimum absolute atomic E-state index is 0.132. The molecule has 0 spiro atoms. The summed E-state index contributed by atoms with van der Waals surface area (Å²) in [6.45, 7) is 5.28. The normalized spacial score (nSPS) is 11.2. The highest BCUT2D eigenvalue weighted by atomic mass is 32.2. The smallest absolute Gasteiger partial charge is 0.246 e. The van der Waals surface area contributed by atoms with Crippen molar-refractivity contribution in [1.82, 2.24) is 4.31 Å². The lowest BCUT2D eigenvalue weighted by Crippen LogP contribution is -2.38. The van der Waals surface area contributed by atoms with Gasteiger partial charge in [0.2, 0.25) is 15.9 Å². The molecule has 8 heteroatoms. The lowest BCUT2D eigenvalue weighted by Gasteiger charge is -2.20. The van der Waals surface area contributed by atoms with E-state index < -0.39 is 33.2 Å². The number of halogens is 1. The van der Waals surface area contributed by atoms with Gasteiger partial charge in [0, 0.05) is 12.2 Å². The molecule has 0 unspecified atom stereocenters. The van der Waals surface area contributed by atoms with Crippen molar-refractivity contribution in [1.29, 1.82) is 0 Å². The Morgan fingerprint density at radius 3 is 2.48 bits per heavy atom. The molecule has 2 rings (SSSR count). The van der Waals surface area contributed by atoms with E-state index in [4.69, 9.17) is 4.74 Å². The summed E-state index contributed by atoms with van der Waals surface area (Å²) in [4.78, 5) is 11.8. The Labute approximate surface area is 158 Å². The quantitative estimate of drug-likeness (QED) is 0.666. The van der Waals surface area contributed by atoms with Crippen LogP contribution in [-0.4, -0.2) is 38.3 Å². The summed E-state index contributed by atoms with van der Waals surface area (Å²) >= 11 is 0. The van der Waals surface area contributed by atoms with Gasteiger partial charge in [-0.3, -0.25) is 4.79 Å². The molecule has 0 saturated carbocycles. The van der Waals surface area contributed by atoms with E-state index in [-0.39, 0.29) is 6.54 Å². The van der Waals surface area contributed by atoms with Crippen LogP contribution in [-0.2, 0) is 14.8 Å². The predicted molar refractivity (Wildman–Crippen MR) is 102 cm³/mol. The van der Waals surface area contributed by atoms with Gasteiger partial charge in [-0.15, -0.1) is 6.58 Å². The van der Waals surface area contributed by atoms with E-state index in [2.05, 4.69) is 11.9 Å². The van der Waals surface area contributed by atoms with Gasteiger partial charge < -0.3 is 10.1 Å². The third-order valence-corrected chi connectivity index (χ3v) is 5.40. The molecule has 144 valence electrons. The minimum Gasteiger partial charge on any atom is -0.494 e. The van der Waals surface area contributed by atoms with E-state index in [1.165, 1.54) is 18.2 Å². The van der Waals surface area contributed by atoms with Crippen LogP contribution < -0.4 is 10.1 Å². The number of anilines is 1. The Kier molecular flexibility index (Phi) is 7.09. The van der Waals surface area contributed by atoms with Crippen LogP contribution in [0, 0.1) is 5.82 Å². The number of nitrogens with zero attached hydrogens (tertiary/aromatic N) is 1. The number of amides is 1. The molecule has 0 radical (unpaired) electrons. The summed E-state index contributed by atoms with van der Waals surface area (Å²) in [7, 11) is -4.19. The van der Waals surface area contributed by atoms with Crippen molar-refractivity contribution in [3.8, 4) is 5.75 Å². The molecule has 2 aromatic carbocycles. The molecule has 0 aliphatic carbocycles. The topological polar surface area (TPSA) is 75.7 Å². The molecule has 27 heavy (non-hydrogen) atoms. The average Bonchev–Trinajstić information content (AvgIpc) is 2.63. The van der Waals surface area contributed by atoms with Crippen LogP contribution in [0.2, 0.25) is 0 Å². The molecule has 0 atom stereocenters. The van der Waals surface area contributed by atoms with E-state index in [1.54, 1.807) is 24.3 Å². The Morgan fingerprint density at radius 2 is 1.89 bits per heavy atom. The van der Waals surface area contributed by atoms with E-state index in [0.717, 1.165) is 16.4 Å². The fraction of sp³-hybridized carbons (Fsp3) is 0.211. The van der Waals surface area contributed by atoms with Crippen molar-refractivity contribution in [2.45, 2.75) is 11.8 Å². The standard InChI is InChI=1S/C19H21FN2O4S/c1-3-13-22(27(24,25)18-8-6-5-7-17(18)20)14-19(23)21-15-9-11-16(12-10-15)26-4-2/h3,5-12H,1,4,13-14H2,2H3,(H,21,23). The van der Waals surface area contributed by atoms with Gasteiger partial charge in [0.15, 0.2) is 0 Å². The molecule has 6 nitrogen and oxygen atoms in total. The van der Waals surface area contributed by atoms with Gasteiger partial charge in [0.1, 0.15) is 16.5 Å². The molecule has 0 heterocycles. The second-order valence-corrected chi connectivity index (χ2v) is 7.43. The largest absolute Gasteiger partial charge is 0.494 e. The van der Waals surface area contributed by atoms with E-state index >= 15 is 0 Å². The molecular formula is C19H21FN2O4S. The molecule has 0 saturated heterocycles.